The number of nitrogens with zero attached hydrogens (tertiary/aromatic N) is 3. The van der Waals surface area contributed by atoms with Crippen LogP contribution in [0.2, 0.25) is 0 Å². The van der Waals surface area contributed by atoms with Crippen molar-refractivity contribution in [1.82, 2.24) is 14.9 Å². The smallest absolute Gasteiger partial charge is 0.227 e. The number of amides is 1. The van der Waals surface area contributed by atoms with Gasteiger partial charge in [0.1, 0.15) is 16.5 Å². The summed E-state index contributed by atoms with van der Waals surface area (Å²) < 4.78 is 5.72. The standard InChI is InChI=1S/C21H22N4O2S/c26-21(16-7-11-25(12-8-16)15-20-23-10-13-28-20)24-17-3-5-18(6-4-17)27-19-2-1-9-22-14-19/h1-6,9-10,13-14,16H,7-8,11-12,15H2,(H,24,26). The summed E-state index contributed by atoms with van der Waals surface area (Å²) in [7, 11) is 0. The fourth-order valence-electron chi connectivity index (χ4n) is 3.27. The molecule has 1 fully saturated rings. The van der Waals surface area contributed by atoms with E-state index in [-0.39, 0.29) is 11.8 Å². The average Bonchev–Trinajstić information content (AvgIpc) is 3.24. The van der Waals surface area contributed by atoms with E-state index < -0.39 is 0 Å². The number of carbonyl (C=O) groups is 1. The van der Waals surface area contributed by atoms with E-state index in [0.717, 1.165) is 43.2 Å². The molecule has 0 bridgehead atoms. The van der Waals surface area contributed by atoms with Gasteiger partial charge >= 0.3 is 0 Å². The maximum Gasteiger partial charge on any atom is 0.227 e. The van der Waals surface area contributed by atoms with E-state index in [0.29, 0.717) is 11.5 Å². The molecule has 0 atom stereocenters. The van der Waals surface area contributed by atoms with Gasteiger partial charge in [-0.1, -0.05) is 0 Å². The molecule has 1 saturated heterocycles. The van der Waals surface area contributed by atoms with Crippen LogP contribution in [0.4, 0.5) is 5.69 Å². The molecule has 6 nitrogen and oxygen atoms in total. The number of likely N-dealkylation sites (tertiary alicyclic amines) is 1. The highest BCUT2D eigenvalue weighted by Crippen LogP contribution is 2.24. The Kier molecular flexibility index (Phi) is 5.94. The Hall–Kier alpha value is -2.77. The summed E-state index contributed by atoms with van der Waals surface area (Å²) in [6.07, 6.45) is 6.96. The number of piperidine rings is 1. The predicted octanol–water partition coefficient (Wildman–Crippen LogP) is 4.18. The van der Waals surface area contributed by atoms with Gasteiger partial charge in [0.25, 0.3) is 0 Å². The van der Waals surface area contributed by atoms with E-state index in [1.54, 1.807) is 23.7 Å². The quantitative estimate of drug-likeness (QED) is 0.679. The van der Waals surface area contributed by atoms with Gasteiger partial charge in [0.05, 0.1) is 12.7 Å². The molecule has 3 aromatic rings. The molecule has 1 aromatic carbocycles. The number of hydrogen-bond donors (Lipinski definition) is 1. The SMILES string of the molecule is O=C(Nc1ccc(Oc2cccnc2)cc1)C1CCN(Cc2nccs2)CC1. The monoisotopic (exact) mass is 394 g/mol. The van der Waals surface area contributed by atoms with E-state index in [9.17, 15) is 4.79 Å². The first-order valence-electron chi connectivity index (χ1n) is 9.36. The molecule has 2 aromatic heterocycles. The second kappa shape index (κ2) is 8.95. The number of carbonyl (C=O) groups excluding carboxylic acids is 1. The Balaban J connectivity index is 1.26. The molecule has 144 valence electrons. The molecule has 1 aliphatic heterocycles. The maximum absolute atomic E-state index is 12.6. The minimum absolute atomic E-state index is 0.0545. The van der Waals surface area contributed by atoms with Gasteiger partial charge in [-0.3, -0.25) is 14.7 Å². The third-order valence-electron chi connectivity index (χ3n) is 4.79. The minimum Gasteiger partial charge on any atom is -0.456 e. The van der Waals surface area contributed by atoms with Gasteiger partial charge in [-0.05, 0) is 62.3 Å². The molecule has 28 heavy (non-hydrogen) atoms. The normalized spacial score (nSPS) is 15.3. The highest BCUT2D eigenvalue weighted by molar-refractivity contribution is 7.09. The van der Waals surface area contributed by atoms with Crippen molar-refractivity contribution >= 4 is 22.9 Å². The largest absolute Gasteiger partial charge is 0.456 e. The van der Waals surface area contributed by atoms with E-state index in [1.165, 1.54) is 0 Å². The lowest BCUT2D eigenvalue weighted by atomic mass is 9.96. The van der Waals surface area contributed by atoms with Crippen LogP contribution in [0, 0.1) is 5.92 Å². The lowest BCUT2D eigenvalue weighted by Gasteiger charge is -2.30. The number of pyridine rings is 1. The third kappa shape index (κ3) is 4.94. The summed E-state index contributed by atoms with van der Waals surface area (Å²) in [4.78, 5) is 23.3. The fourth-order valence-corrected chi connectivity index (χ4v) is 3.93. The average molecular weight is 395 g/mol. The van der Waals surface area contributed by atoms with Gasteiger partial charge in [0.2, 0.25) is 5.91 Å². The van der Waals surface area contributed by atoms with Crippen molar-refractivity contribution in [2.45, 2.75) is 19.4 Å². The number of aromatic nitrogens is 2. The van der Waals surface area contributed by atoms with Crippen molar-refractivity contribution in [1.29, 1.82) is 0 Å². The summed E-state index contributed by atoms with van der Waals surface area (Å²) in [5, 5.41) is 6.17. The molecule has 0 radical (unpaired) electrons. The molecule has 1 N–H and O–H groups in total. The maximum atomic E-state index is 12.6. The number of thiazole rings is 1. The highest BCUT2D eigenvalue weighted by Gasteiger charge is 2.25. The first-order valence-corrected chi connectivity index (χ1v) is 10.2. The molecule has 0 spiro atoms. The molecule has 0 saturated carbocycles. The van der Waals surface area contributed by atoms with Crippen LogP contribution < -0.4 is 10.1 Å². The molecule has 3 heterocycles. The molecule has 7 heteroatoms. The van der Waals surface area contributed by atoms with Crippen LogP contribution in [0.5, 0.6) is 11.5 Å². The van der Waals surface area contributed by atoms with Crippen LogP contribution in [0.1, 0.15) is 17.8 Å². The zero-order chi connectivity index (χ0) is 19.2. The van der Waals surface area contributed by atoms with Gasteiger partial charge in [-0.2, -0.15) is 0 Å². The van der Waals surface area contributed by atoms with Crippen molar-refractivity contribution in [2.24, 2.45) is 5.92 Å². The van der Waals surface area contributed by atoms with Crippen LogP contribution in [-0.4, -0.2) is 33.9 Å². The highest BCUT2D eigenvalue weighted by atomic mass is 32.1. The number of nitrogens with one attached hydrogen (secondary N) is 1. The number of hydrogen-bond acceptors (Lipinski definition) is 6. The van der Waals surface area contributed by atoms with Gasteiger partial charge < -0.3 is 10.1 Å². The number of anilines is 1. The zero-order valence-corrected chi connectivity index (χ0v) is 16.3. The van der Waals surface area contributed by atoms with E-state index in [1.807, 2.05) is 48.0 Å². The lowest BCUT2D eigenvalue weighted by molar-refractivity contribution is -0.121. The summed E-state index contributed by atoms with van der Waals surface area (Å²) in [6, 6.07) is 11.1. The van der Waals surface area contributed by atoms with Crippen LogP contribution in [0.25, 0.3) is 0 Å². The van der Waals surface area contributed by atoms with Crippen molar-refractivity contribution in [3.8, 4) is 11.5 Å². The van der Waals surface area contributed by atoms with Gasteiger partial charge in [-0.15, -0.1) is 11.3 Å². The van der Waals surface area contributed by atoms with Crippen LogP contribution in [0.15, 0.2) is 60.4 Å². The van der Waals surface area contributed by atoms with Gasteiger partial charge in [0.15, 0.2) is 0 Å². The molecule has 1 amide bonds. The number of benzene rings is 1. The molecule has 0 unspecified atom stereocenters. The van der Waals surface area contributed by atoms with E-state index >= 15 is 0 Å². The fraction of sp³-hybridized carbons (Fsp3) is 0.286. The van der Waals surface area contributed by atoms with Crippen LogP contribution in [-0.2, 0) is 11.3 Å². The Morgan fingerprint density at radius 3 is 2.64 bits per heavy atom. The molecule has 1 aliphatic rings. The minimum atomic E-state index is 0.0545. The Labute approximate surface area is 168 Å². The number of ether oxygens (including phenoxy) is 1. The summed E-state index contributed by atoms with van der Waals surface area (Å²) >= 11 is 1.68. The molecule has 4 rings (SSSR count). The van der Waals surface area contributed by atoms with Crippen molar-refractivity contribution in [3.63, 3.8) is 0 Å². The number of rotatable bonds is 6. The molecular formula is C21H22N4O2S. The molecular weight excluding hydrogens is 372 g/mol. The van der Waals surface area contributed by atoms with Gasteiger partial charge in [-0.25, -0.2) is 4.98 Å². The van der Waals surface area contributed by atoms with Crippen molar-refractivity contribution < 1.29 is 9.53 Å². The summed E-state index contributed by atoms with van der Waals surface area (Å²) in [6.45, 7) is 2.73. The van der Waals surface area contributed by atoms with Crippen LogP contribution >= 0.6 is 11.3 Å². The van der Waals surface area contributed by atoms with Crippen molar-refractivity contribution in [3.05, 3.63) is 65.4 Å². The first-order chi connectivity index (χ1) is 13.8. The second-order valence-corrected chi connectivity index (χ2v) is 7.76. The van der Waals surface area contributed by atoms with E-state index in [2.05, 4.69) is 20.2 Å². The lowest BCUT2D eigenvalue weighted by Crippen LogP contribution is -2.37. The Morgan fingerprint density at radius 1 is 1.14 bits per heavy atom. The summed E-state index contributed by atoms with van der Waals surface area (Å²) in [5.74, 6) is 1.54. The van der Waals surface area contributed by atoms with Crippen LogP contribution in [0.3, 0.4) is 0 Å². The Morgan fingerprint density at radius 2 is 1.96 bits per heavy atom. The van der Waals surface area contributed by atoms with E-state index in [4.69, 9.17) is 4.74 Å². The topological polar surface area (TPSA) is 67.3 Å². The molecule has 0 aliphatic carbocycles. The van der Waals surface area contributed by atoms with Crippen molar-refractivity contribution in [2.75, 3.05) is 18.4 Å². The zero-order valence-electron chi connectivity index (χ0n) is 15.5. The first kappa shape index (κ1) is 18.6. The second-order valence-electron chi connectivity index (χ2n) is 6.78. The summed E-state index contributed by atoms with van der Waals surface area (Å²) in [5.41, 5.74) is 0.786. The predicted molar refractivity (Wildman–Crippen MR) is 109 cm³/mol. The third-order valence-corrected chi connectivity index (χ3v) is 5.56. The Bertz CT molecular complexity index is 877. The van der Waals surface area contributed by atoms with Gasteiger partial charge in [0, 0.05) is 29.4 Å².